The van der Waals surface area contributed by atoms with Gasteiger partial charge in [0.1, 0.15) is 29.3 Å². The molecule has 0 aliphatic carbocycles. The highest BCUT2D eigenvalue weighted by Gasteiger charge is 2.44. The van der Waals surface area contributed by atoms with Crippen molar-refractivity contribution in [2.75, 3.05) is 7.11 Å². The summed E-state index contributed by atoms with van der Waals surface area (Å²) in [6.45, 7) is 3.42. The van der Waals surface area contributed by atoms with Crippen LogP contribution in [0.15, 0.2) is 45.7 Å². The van der Waals surface area contributed by atoms with Crippen LogP contribution < -0.4 is 14.9 Å². The van der Waals surface area contributed by atoms with Crippen LogP contribution >= 0.6 is 15.9 Å². The number of aliphatic hydroxyl groups excluding tert-OH is 2. The minimum atomic E-state index is -1.22. The second-order valence-corrected chi connectivity index (χ2v) is 9.44. The van der Waals surface area contributed by atoms with Gasteiger partial charge >= 0.3 is 0 Å². The lowest BCUT2D eigenvalue weighted by atomic mass is 9.86. The van der Waals surface area contributed by atoms with E-state index < -0.39 is 17.8 Å². The molecular weight excluding hydrogens is 462 g/mol. The maximum Gasteiger partial charge on any atom is 0.201 e. The summed E-state index contributed by atoms with van der Waals surface area (Å²) in [5.41, 5.74) is 0.409. The summed E-state index contributed by atoms with van der Waals surface area (Å²) in [4.78, 5) is 13.8. The molecule has 0 spiro atoms. The first-order valence-electron chi connectivity index (χ1n) is 9.96. The number of hydrogen-bond donors (Lipinski definition) is 2. The zero-order valence-corrected chi connectivity index (χ0v) is 19.1. The molecule has 31 heavy (non-hydrogen) atoms. The Morgan fingerprint density at radius 2 is 1.87 bits per heavy atom. The quantitative estimate of drug-likeness (QED) is 0.313. The van der Waals surface area contributed by atoms with Crippen LogP contribution in [0.5, 0.6) is 11.5 Å². The van der Waals surface area contributed by atoms with E-state index in [4.69, 9.17) is 9.47 Å². The third-order valence-electron chi connectivity index (χ3n) is 6.28. The largest absolute Gasteiger partial charge is 0.496 e. The van der Waals surface area contributed by atoms with Crippen LogP contribution in [0, 0.1) is 0 Å². The molecule has 160 valence electrons. The van der Waals surface area contributed by atoms with Gasteiger partial charge in [-0.15, -0.1) is 0 Å². The van der Waals surface area contributed by atoms with Gasteiger partial charge in [0.25, 0.3) is 0 Å². The summed E-state index contributed by atoms with van der Waals surface area (Å²) in [6, 6.07) is 11.3. The van der Waals surface area contributed by atoms with Gasteiger partial charge in [-0.1, -0.05) is 28.1 Å². The lowest BCUT2D eigenvalue weighted by Crippen LogP contribution is -2.49. The summed E-state index contributed by atoms with van der Waals surface area (Å²) in [6.07, 6.45) is -2.37. The van der Waals surface area contributed by atoms with Gasteiger partial charge in [-0.3, -0.25) is 4.79 Å². The Bertz CT molecular complexity index is 1460. The van der Waals surface area contributed by atoms with Gasteiger partial charge in [0.2, 0.25) is 5.43 Å². The molecule has 2 heterocycles. The average molecular weight is 484 g/mol. The van der Waals surface area contributed by atoms with Gasteiger partial charge in [0, 0.05) is 17.6 Å². The van der Waals surface area contributed by atoms with Gasteiger partial charge in [-0.2, -0.15) is 0 Å². The third kappa shape index (κ3) is 2.73. The Morgan fingerprint density at radius 3 is 2.58 bits per heavy atom. The molecule has 7 heteroatoms. The fourth-order valence-electron chi connectivity index (χ4n) is 4.67. The number of nitrogens with zero attached hydrogens (tertiary/aromatic N) is 1. The molecule has 0 bridgehead atoms. The molecule has 1 aliphatic rings. The van der Waals surface area contributed by atoms with Crippen molar-refractivity contribution in [3.05, 3.63) is 56.7 Å². The summed E-state index contributed by atoms with van der Waals surface area (Å²) in [5.74, 6) is 0.760. The zero-order chi connectivity index (χ0) is 22.2. The number of hydrogen-bond acceptors (Lipinski definition) is 5. The van der Waals surface area contributed by atoms with Crippen molar-refractivity contribution in [2.24, 2.45) is 7.05 Å². The Kier molecular flexibility index (Phi) is 4.38. The molecule has 0 radical (unpaired) electrons. The van der Waals surface area contributed by atoms with Crippen molar-refractivity contribution < 1.29 is 19.7 Å². The highest BCUT2D eigenvalue weighted by atomic mass is 79.9. The number of fused-ring (bicyclic) bond motifs is 6. The lowest BCUT2D eigenvalue weighted by Gasteiger charge is -2.40. The van der Waals surface area contributed by atoms with Crippen LogP contribution in [0.4, 0.5) is 0 Å². The Balaban J connectivity index is 2.02. The third-order valence-corrected chi connectivity index (χ3v) is 6.77. The molecule has 3 aromatic carbocycles. The topological polar surface area (TPSA) is 80.9 Å². The van der Waals surface area contributed by atoms with Crippen LogP contribution in [0.3, 0.4) is 0 Å². The molecule has 6 nitrogen and oxygen atoms in total. The van der Waals surface area contributed by atoms with Crippen LogP contribution in [0.2, 0.25) is 0 Å². The van der Waals surface area contributed by atoms with Crippen molar-refractivity contribution >= 4 is 48.5 Å². The highest BCUT2D eigenvalue weighted by Crippen LogP contribution is 2.46. The van der Waals surface area contributed by atoms with E-state index in [1.807, 2.05) is 41.9 Å². The average Bonchev–Trinajstić information content (AvgIpc) is 2.73. The summed E-state index contributed by atoms with van der Waals surface area (Å²) in [5, 5.41) is 24.4. The van der Waals surface area contributed by atoms with Crippen LogP contribution in [0.1, 0.15) is 25.5 Å². The van der Waals surface area contributed by atoms with Crippen molar-refractivity contribution in [1.82, 2.24) is 4.57 Å². The van der Waals surface area contributed by atoms with E-state index >= 15 is 0 Å². The number of benzene rings is 3. The monoisotopic (exact) mass is 483 g/mol. The number of pyridine rings is 1. The van der Waals surface area contributed by atoms with E-state index in [0.717, 1.165) is 15.2 Å². The van der Waals surface area contributed by atoms with E-state index in [1.165, 1.54) is 7.11 Å². The van der Waals surface area contributed by atoms with Crippen molar-refractivity contribution in [2.45, 2.75) is 31.7 Å². The number of methoxy groups -OCH3 is 1. The van der Waals surface area contributed by atoms with Gasteiger partial charge in [0.05, 0.1) is 34.5 Å². The van der Waals surface area contributed by atoms with Crippen LogP contribution in [0.25, 0.3) is 32.6 Å². The van der Waals surface area contributed by atoms with Crippen molar-refractivity contribution in [3.63, 3.8) is 0 Å². The van der Waals surface area contributed by atoms with Gasteiger partial charge < -0.3 is 24.3 Å². The van der Waals surface area contributed by atoms with Gasteiger partial charge in [-0.25, -0.2) is 0 Å². The maximum absolute atomic E-state index is 13.8. The van der Waals surface area contributed by atoms with E-state index in [9.17, 15) is 15.0 Å². The molecule has 5 rings (SSSR count). The standard InChI is InChI=1S/C24H22BrNO5/c1-24(2)23(29)22(28)19-16(31-24)10-15(30-4)18-20(19)26(3)14-8-5-11-9-12(25)6-7-13(11)17(14)21(18)27/h5-10,22-23,28-29H,1-4H3/t22-,23-/m1/s1. The van der Waals surface area contributed by atoms with Gasteiger partial charge in [0.15, 0.2) is 0 Å². The van der Waals surface area contributed by atoms with Crippen LogP contribution in [-0.2, 0) is 7.05 Å². The Morgan fingerprint density at radius 1 is 1.13 bits per heavy atom. The zero-order valence-electron chi connectivity index (χ0n) is 17.6. The second kappa shape index (κ2) is 6.69. The summed E-state index contributed by atoms with van der Waals surface area (Å²) < 4.78 is 14.4. The fraction of sp³-hybridized carbons (Fsp3) is 0.292. The second-order valence-electron chi connectivity index (χ2n) is 8.52. The predicted octanol–water partition coefficient (Wildman–Crippen LogP) is 4.18. The Hall–Kier alpha value is -2.61. The number of ether oxygens (including phenoxy) is 2. The van der Waals surface area contributed by atoms with E-state index in [0.29, 0.717) is 38.9 Å². The molecule has 0 unspecified atom stereocenters. The number of halogens is 1. The first-order chi connectivity index (χ1) is 14.7. The molecule has 0 fully saturated rings. The first-order valence-corrected chi connectivity index (χ1v) is 10.8. The summed E-state index contributed by atoms with van der Waals surface area (Å²) >= 11 is 3.49. The SMILES string of the molecule is COc1cc2c(c3c1c(=O)c1c4ccc(Br)cc4ccc1n3C)[C@@H](O)[C@@H](O)C(C)(C)O2. The minimum Gasteiger partial charge on any atom is -0.496 e. The molecular formula is C24H22BrNO5. The van der Waals surface area contributed by atoms with E-state index in [1.54, 1.807) is 19.9 Å². The van der Waals surface area contributed by atoms with E-state index in [-0.39, 0.29) is 5.43 Å². The number of rotatable bonds is 1. The smallest absolute Gasteiger partial charge is 0.201 e. The maximum atomic E-state index is 13.8. The molecule has 1 aromatic heterocycles. The summed E-state index contributed by atoms with van der Waals surface area (Å²) in [7, 11) is 3.34. The molecule has 0 saturated carbocycles. The molecule has 4 aromatic rings. The molecule has 1 aliphatic heterocycles. The number of aryl methyl sites for hydroxylation is 1. The molecule has 2 N–H and O–H groups in total. The normalized spacial score (nSPS) is 20.1. The van der Waals surface area contributed by atoms with E-state index in [2.05, 4.69) is 15.9 Å². The fourth-order valence-corrected chi connectivity index (χ4v) is 5.05. The molecule has 0 amide bonds. The minimum absolute atomic E-state index is 0.192. The molecule has 2 atom stereocenters. The Labute approximate surface area is 186 Å². The van der Waals surface area contributed by atoms with Gasteiger partial charge in [-0.05, 0) is 42.8 Å². The number of aliphatic hydroxyl groups is 2. The number of aromatic nitrogens is 1. The van der Waals surface area contributed by atoms with Crippen molar-refractivity contribution in [1.29, 1.82) is 0 Å². The lowest BCUT2D eigenvalue weighted by molar-refractivity contribution is -0.111. The van der Waals surface area contributed by atoms with Crippen LogP contribution in [-0.4, -0.2) is 33.6 Å². The molecule has 0 saturated heterocycles. The predicted molar refractivity (Wildman–Crippen MR) is 124 cm³/mol. The first kappa shape index (κ1) is 20.3. The van der Waals surface area contributed by atoms with Crippen molar-refractivity contribution in [3.8, 4) is 11.5 Å². The highest BCUT2D eigenvalue weighted by molar-refractivity contribution is 9.10.